The van der Waals surface area contributed by atoms with Gasteiger partial charge >= 0.3 is 0 Å². The van der Waals surface area contributed by atoms with Crippen LogP contribution in [-0.2, 0) is 0 Å². The van der Waals surface area contributed by atoms with Gasteiger partial charge in [0.2, 0.25) is 0 Å². The Kier molecular flexibility index (Phi) is 4.96. The minimum Gasteiger partial charge on any atom is -0.490 e. The van der Waals surface area contributed by atoms with Gasteiger partial charge in [0.05, 0.1) is 19.0 Å². The van der Waals surface area contributed by atoms with Crippen molar-refractivity contribution in [1.29, 1.82) is 5.41 Å². The third-order valence-electron chi connectivity index (χ3n) is 2.92. The topological polar surface area (TPSA) is 68.3 Å². The quantitative estimate of drug-likeness (QED) is 0.494. The van der Waals surface area contributed by atoms with Gasteiger partial charge in [-0.05, 0) is 24.6 Å². The van der Waals surface area contributed by atoms with E-state index in [9.17, 15) is 0 Å². The first kappa shape index (κ1) is 14.1. The summed E-state index contributed by atoms with van der Waals surface area (Å²) in [5, 5.41) is 7.73. The van der Waals surface area contributed by atoms with E-state index in [0.717, 1.165) is 29.2 Å². The second-order valence-corrected chi connectivity index (χ2v) is 5.91. The van der Waals surface area contributed by atoms with Crippen LogP contribution in [0.1, 0.15) is 26.2 Å². The Bertz CT molecular complexity index is 451. The number of amidine groups is 1. The Hall–Kier alpha value is -1.36. The Balaban J connectivity index is 2.08. The molecule has 0 fully saturated rings. The highest BCUT2D eigenvalue weighted by Crippen LogP contribution is 2.36. The normalized spacial score (nSPS) is 15.6. The Morgan fingerprint density at radius 1 is 1.37 bits per heavy atom. The van der Waals surface area contributed by atoms with Crippen LogP contribution in [0.3, 0.4) is 0 Å². The van der Waals surface area contributed by atoms with Crippen molar-refractivity contribution in [3.8, 4) is 11.5 Å². The molecular weight excluding hydrogens is 260 g/mol. The van der Waals surface area contributed by atoms with Crippen LogP contribution in [0.4, 0.5) is 0 Å². The van der Waals surface area contributed by atoms with Crippen molar-refractivity contribution in [3.63, 3.8) is 0 Å². The van der Waals surface area contributed by atoms with E-state index in [-0.39, 0.29) is 5.84 Å². The molecule has 0 spiro atoms. The molecule has 1 heterocycles. The van der Waals surface area contributed by atoms with Gasteiger partial charge < -0.3 is 15.2 Å². The highest BCUT2D eigenvalue weighted by molar-refractivity contribution is 8.00. The SMILES string of the molecule is CCC(CC(=N)N)Sc1ccc2c(c1)OCCCO2. The standard InChI is InChI=1S/C14H20N2O2S/c1-2-10(9-14(15)16)19-11-4-5-12-13(8-11)18-7-3-6-17-12/h4-5,8,10H,2-3,6-7,9H2,1H3,(H3,15,16). The zero-order chi connectivity index (χ0) is 13.7. The molecule has 1 atom stereocenters. The van der Waals surface area contributed by atoms with Crippen LogP contribution in [0.5, 0.6) is 11.5 Å². The molecule has 1 aromatic carbocycles. The maximum atomic E-state index is 7.39. The lowest BCUT2D eigenvalue weighted by atomic mass is 10.2. The molecule has 0 radical (unpaired) electrons. The van der Waals surface area contributed by atoms with E-state index in [4.69, 9.17) is 20.6 Å². The molecule has 5 heteroatoms. The molecule has 3 N–H and O–H groups in total. The number of hydrogen-bond donors (Lipinski definition) is 2. The minimum atomic E-state index is 0.244. The zero-order valence-corrected chi connectivity index (χ0v) is 12.0. The third-order valence-corrected chi connectivity index (χ3v) is 4.28. The van der Waals surface area contributed by atoms with E-state index in [2.05, 4.69) is 6.92 Å². The Labute approximate surface area is 118 Å². The van der Waals surface area contributed by atoms with Crippen LogP contribution in [0.2, 0.25) is 0 Å². The molecule has 0 saturated heterocycles. The summed E-state index contributed by atoms with van der Waals surface area (Å²) in [7, 11) is 0. The molecule has 19 heavy (non-hydrogen) atoms. The second kappa shape index (κ2) is 6.70. The second-order valence-electron chi connectivity index (χ2n) is 4.54. The molecule has 0 aliphatic carbocycles. The van der Waals surface area contributed by atoms with Gasteiger partial charge in [0.1, 0.15) is 0 Å². The van der Waals surface area contributed by atoms with Crippen LogP contribution in [-0.4, -0.2) is 24.3 Å². The summed E-state index contributed by atoms with van der Waals surface area (Å²) < 4.78 is 11.3. The summed E-state index contributed by atoms with van der Waals surface area (Å²) >= 11 is 1.74. The number of thioether (sulfide) groups is 1. The highest BCUT2D eigenvalue weighted by atomic mass is 32.2. The monoisotopic (exact) mass is 280 g/mol. The van der Waals surface area contributed by atoms with Crippen molar-refractivity contribution in [2.45, 2.75) is 36.3 Å². The fourth-order valence-corrected chi connectivity index (χ4v) is 3.06. The first-order chi connectivity index (χ1) is 9.19. The largest absolute Gasteiger partial charge is 0.490 e. The zero-order valence-electron chi connectivity index (χ0n) is 11.1. The lowest BCUT2D eigenvalue weighted by molar-refractivity contribution is 0.297. The van der Waals surface area contributed by atoms with E-state index < -0.39 is 0 Å². The molecule has 1 unspecified atom stereocenters. The first-order valence-corrected chi connectivity index (χ1v) is 7.46. The van der Waals surface area contributed by atoms with Gasteiger partial charge in [0.15, 0.2) is 11.5 Å². The van der Waals surface area contributed by atoms with Crippen molar-refractivity contribution in [1.82, 2.24) is 0 Å². The molecule has 4 nitrogen and oxygen atoms in total. The molecule has 0 bridgehead atoms. The van der Waals surface area contributed by atoms with Gasteiger partial charge in [0, 0.05) is 23.0 Å². The molecule has 2 rings (SSSR count). The number of nitrogens with one attached hydrogen (secondary N) is 1. The summed E-state index contributed by atoms with van der Waals surface area (Å²) in [4.78, 5) is 1.14. The average molecular weight is 280 g/mol. The van der Waals surface area contributed by atoms with Crippen LogP contribution in [0, 0.1) is 5.41 Å². The van der Waals surface area contributed by atoms with Gasteiger partial charge in [0.25, 0.3) is 0 Å². The van der Waals surface area contributed by atoms with Gasteiger partial charge in [-0.3, -0.25) is 5.41 Å². The molecule has 0 aromatic heterocycles. The lowest BCUT2D eigenvalue weighted by Crippen LogP contribution is -2.16. The lowest BCUT2D eigenvalue weighted by Gasteiger charge is -2.15. The Morgan fingerprint density at radius 2 is 2.11 bits per heavy atom. The van der Waals surface area contributed by atoms with E-state index in [1.807, 2.05) is 18.2 Å². The predicted molar refractivity (Wildman–Crippen MR) is 78.5 cm³/mol. The number of hydrogen-bond acceptors (Lipinski definition) is 4. The van der Waals surface area contributed by atoms with Gasteiger partial charge in [-0.25, -0.2) is 0 Å². The summed E-state index contributed by atoms with van der Waals surface area (Å²) in [6.07, 6.45) is 2.52. The van der Waals surface area contributed by atoms with Gasteiger partial charge in [-0.15, -0.1) is 11.8 Å². The molecule has 1 aromatic rings. The third kappa shape index (κ3) is 4.06. The summed E-state index contributed by atoms with van der Waals surface area (Å²) in [5.74, 6) is 1.88. The molecule has 1 aliphatic rings. The maximum absolute atomic E-state index is 7.39. The van der Waals surface area contributed by atoms with Crippen LogP contribution < -0.4 is 15.2 Å². The number of rotatable bonds is 5. The smallest absolute Gasteiger partial charge is 0.162 e. The first-order valence-electron chi connectivity index (χ1n) is 6.58. The molecular formula is C14H20N2O2S. The number of ether oxygens (including phenoxy) is 2. The van der Waals surface area contributed by atoms with E-state index in [1.54, 1.807) is 11.8 Å². The number of benzene rings is 1. The highest BCUT2D eigenvalue weighted by Gasteiger charge is 2.14. The fourth-order valence-electron chi connectivity index (χ4n) is 1.92. The van der Waals surface area contributed by atoms with Crippen LogP contribution in [0.15, 0.2) is 23.1 Å². The molecule has 0 saturated carbocycles. The van der Waals surface area contributed by atoms with Crippen molar-refractivity contribution in [2.75, 3.05) is 13.2 Å². The van der Waals surface area contributed by atoms with Crippen LogP contribution in [0.25, 0.3) is 0 Å². The van der Waals surface area contributed by atoms with Crippen molar-refractivity contribution in [3.05, 3.63) is 18.2 Å². The van der Waals surface area contributed by atoms with Gasteiger partial charge in [-0.2, -0.15) is 0 Å². The van der Waals surface area contributed by atoms with E-state index in [0.29, 0.717) is 24.9 Å². The predicted octanol–water partition coefficient (Wildman–Crippen LogP) is 3.04. The summed E-state index contributed by atoms with van der Waals surface area (Å²) in [5.41, 5.74) is 5.48. The Morgan fingerprint density at radius 3 is 2.79 bits per heavy atom. The summed E-state index contributed by atoms with van der Waals surface area (Å²) in [6, 6.07) is 6.03. The van der Waals surface area contributed by atoms with Crippen LogP contribution >= 0.6 is 11.8 Å². The van der Waals surface area contributed by atoms with Crippen molar-refractivity contribution < 1.29 is 9.47 Å². The molecule has 0 amide bonds. The maximum Gasteiger partial charge on any atom is 0.162 e. The van der Waals surface area contributed by atoms with E-state index >= 15 is 0 Å². The average Bonchev–Trinajstić information content (AvgIpc) is 2.62. The minimum absolute atomic E-state index is 0.244. The fraction of sp³-hybridized carbons (Fsp3) is 0.500. The van der Waals surface area contributed by atoms with Gasteiger partial charge in [-0.1, -0.05) is 6.92 Å². The number of nitrogens with two attached hydrogens (primary N) is 1. The summed E-state index contributed by atoms with van der Waals surface area (Å²) in [6.45, 7) is 3.52. The number of fused-ring (bicyclic) bond motifs is 1. The molecule has 1 aliphatic heterocycles. The molecule has 104 valence electrons. The van der Waals surface area contributed by atoms with Crippen molar-refractivity contribution in [2.24, 2.45) is 5.73 Å². The van der Waals surface area contributed by atoms with Crippen molar-refractivity contribution >= 4 is 17.6 Å². The van der Waals surface area contributed by atoms with E-state index in [1.165, 1.54) is 0 Å².